The van der Waals surface area contributed by atoms with Gasteiger partial charge in [-0.05, 0) is 114 Å². The minimum absolute atomic E-state index is 0.00174. The molecule has 0 atom stereocenters. The Morgan fingerprint density at radius 3 is 1.29 bits per heavy atom. The number of anilines is 8. The van der Waals surface area contributed by atoms with Gasteiger partial charge in [-0.15, -0.1) is 37.9 Å². The zero-order valence-electron chi connectivity index (χ0n) is 69.4. The predicted octanol–water partition coefficient (Wildman–Crippen LogP) is 7.77. The van der Waals surface area contributed by atoms with E-state index in [1.165, 1.54) is 79.3 Å². The number of aromatic carboxylic acids is 2. The average Bonchev–Trinajstić information content (AvgIpc) is 0.708. The van der Waals surface area contributed by atoms with Gasteiger partial charge in [0, 0.05) is 101 Å². The third-order valence-corrected chi connectivity index (χ3v) is 22.8. The number of aromatic nitrogens is 8. The minimum Gasteiger partial charge on any atom is -0.478 e. The van der Waals surface area contributed by atoms with Crippen molar-refractivity contribution in [3.63, 3.8) is 0 Å². The van der Waals surface area contributed by atoms with Crippen LogP contribution in [0, 0.1) is 0 Å². The molecule has 4 heterocycles. The number of hydrogen-bond acceptors (Lipinski definition) is 40. The summed E-state index contributed by atoms with van der Waals surface area (Å²) in [6.45, 7) is -0.470. The van der Waals surface area contributed by atoms with Crippen LogP contribution in [0.4, 0.5) is 46.3 Å². The van der Waals surface area contributed by atoms with Crippen LogP contribution >= 0.6 is 0 Å². The molecule has 4 aromatic heterocycles. The number of benzene rings is 10. The van der Waals surface area contributed by atoms with E-state index in [0.29, 0.717) is 5.56 Å². The molecule has 0 bridgehead atoms. The van der Waals surface area contributed by atoms with Gasteiger partial charge in [-0.2, -0.15) is 55.2 Å². The Balaban J connectivity index is 0.00000127. The Morgan fingerprint density at radius 2 is 0.819 bits per heavy atom. The number of fused-ring (bicyclic) bond motifs is 4. The molecular weight excluding hydrogens is 1940 g/mol. The first-order valence-corrected chi connectivity index (χ1v) is 45.8. The van der Waals surface area contributed by atoms with Crippen molar-refractivity contribution in [2.45, 2.75) is 21.1 Å². The molecule has 0 aliphatic heterocycles. The van der Waals surface area contributed by atoms with Gasteiger partial charge >= 0.3 is 55.8 Å². The van der Waals surface area contributed by atoms with Crippen molar-refractivity contribution in [2.24, 2.45) is 14.1 Å². The van der Waals surface area contributed by atoms with Crippen molar-refractivity contribution in [2.75, 3.05) is 39.7 Å². The molecule has 47 nitrogen and oxygen atoms in total. The lowest BCUT2D eigenvalue weighted by Crippen LogP contribution is -2.29. The number of carbonyl (C=O) groups excluding carboxylic acids is 6. The lowest BCUT2D eigenvalue weighted by Gasteiger charge is -2.26. The highest BCUT2D eigenvalue weighted by Gasteiger charge is 2.38. The second kappa shape index (κ2) is 40.5. The summed E-state index contributed by atoms with van der Waals surface area (Å²) in [7, 11) is -21.8. The van der Waals surface area contributed by atoms with Gasteiger partial charge in [0.15, 0.2) is 23.1 Å². The van der Waals surface area contributed by atoms with E-state index in [-0.39, 0.29) is 173 Å². The van der Waals surface area contributed by atoms with Crippen LogP contribution in [-0.2, 0) is 92.3 Å². The Bertz CT molecular complexity index is 8390. The molecule has 0 fully saturated rings. The fourth-order valence-corrected chi connectivity index (χ4v) is 16.5. The van der Waals surface area contributed by atoms with E-state index >= 15 is 4.79 Å². The highest BCUT2D eigenvalue weighted by molar-refractivity contribution is 7.86. The molecule has 10 aromatic carbocycles. The van der Waals surface area contributed by atoms with Crippen LogP contribution < -0.4 is 56.6 Å². The van der Waals surface area contributed by atoms with E-state index in [0.717, 1.165) is 77.4 Å². The minimum atomic E-state index is -5.21. The average molecular weight is 2000 g/mol. The van der Waals surface area contributed by atoms with Crippen LogP contribution in [0.3, 0.4) is 0 Å². The van der Waals surface area contributed by atoms with Crippen LogP contribution in [-0.4, -0.2) is 187 Å². The Kier molecular flexibility index (Phi) is 28.7. The maximum absolute atomic E-state index is 15.0. The molecule has 0 amide bonds. The zero-order valence-corrected chi connectivity index (χ0v) is 74.3. The predicted molar refractivity (Wildman–Crippen MR) is 477 cm³/mol. The van der Waals surface area contributed by atoms with E-state index in [4.69, 9.17) is 56.8 Å². The summed E-state index contributed by atoms with van der Waals surface area (Å²) in [4.78, 5) is 160. The summed E-state index contributed by atoms with van der Waals surface area (Å²) >= 11 is 0. The van der Waals surface area contributed by atoms with Gasteiger partial charge in [0.2, 0.25) is 17.8 Å². The van der Waals surface area contributed by atoms with Gasteiger partial charge in [-0.1, -0.05) is 91.0 Å². The Morgan fingerprint density at radius 1 is 0.399 bits per heavy atom. The fourth-order valence-electron chi connectivity index (χ4n) is 14.7. The van der Waals surface area contributed by atoms with Crippen molar-refractivity contribution in [1.29, 1.82) is 0 Å². The van der Waals surface area contributed by atoms with Gasteiger partial charge in [0.1, 0.15) is 33.7 Å². The molecule has 10 N–H and O–H groups in total. The van der Waals surface area contributed by atoms with E-state index in [1.807, 2.05) is 0 Å². The SMILES string of the molecule is Cn1c(=O)c(C(=O)c2ccccc2)c2c3c(c(Nc4ccc(S(=O)(=O)O)c(Cc5nc(NCCNc6nc(Nc7ccc(S(=O)(=O)O)c(Nc8ccc9c%10c8C(=O)c8ccccc8-c%10c(C(=O)c8cccc(S(=O)(=O)O)c8)c(=O)n9C)c7)nc(Oc7cc(OC=O)cc(C(=O)O)c7)n6)nc(Oc6cc(OC=O)cc(C(=O)O)c6)n5)c4)ccc31)C(=O)c1ccccc1-2.O=S(=O)=O.O=S(=O)=O.O=S(=O)=O. The van der Waals surface area contributed by atoms with Gasteiger partial charge in [-0.3, -0.25) is 52.0 Å². The van der Waals surface area contributed by atoms with E-state index in [9.17, 15) is 92.3 Å². The van der Waals surface area contributed by atoms with Crippen molar-refractivity contribution < 1.29 is 144 Å². The molecule has 2 aliphatic carbocycles. The first kappa shape index (κ1) is 97.9. The van der Waals surface area contributed by atoms with Crippen LogP contribution in [0.25, 0.3) is 44.1 Å². The molecule has 702 valence electrons. The second-order valence-corrected chi connectivity index (χ2v) is 33.9. The summed E-state index contributed by atoms with van der Waals surface area (Å²) in [5.41, 5.74) is -2.96. The highest BCUT2D eigenvalue weighted by Crippen LogP contribution is 2.48. The van der Waals surface area contributed by atoms with Crippen molar-refractivity contribution in [3.8, 4) is 57.3 Å². The summed E-state index contributed by atoms with van der Waals surface area (Å²) in [5.74, 6) is -8.47. The fraction of sp³-hybridized carbons (Fsp3) is 0.0588. The maximum atomic E-state index is 15.0. The molecule has 0 spiro atoms. The van der Waals surface area contributed by atoms with Crippen LogP contribution in [0.5, 0.6) is 35.0 Å². The molecule has 138 heavy (non-hydrogen) atoms. The molecular formula is C85H57N13O34S6. The maximum Gasteiger partial charge on any atom is 0.425 e. The van der Waals surface area contributed by atoms with Crippen molar-refractivity contribution >= 4 is 178 Å². The zero-order chi connectivity index (χ0) is 99.8. The number of carbonyl (C=O) groups is 8. The first-order chi connectivity index (χ1) is 65.4. The summed E-state index contributed by atoms with van der Waals surface area (Å²) in [6.07, 6.45) is -0.604. The molecule has 53 heteroatoms. The molecule has 0 saturated heterocycles. The summed E-state index contributed by atoms with van der Waals surface area (Å²) in [6, 6.07) is 42.5. The van der Waals surface area contributed by atoms with E-state index in [2.05, 4.69) is 56.5 Å². The second-order valence-electron chi connectivity index (χ2n) is 28.5. The van der Waals surface area contributed by atoms with Crippen molar-refractivity contribution in [1.82, 2.24) is 39.0 Å². The number of rotatable bonds is 30. The quantitative estimate of drug-likeness (QED) is 0.00889. The summed E-state index contributed by atoms with van der Waals surface area (Å²) in [5, 5.41) is 35.2. The lowest BCUT2D eigenvalue weighted by molar-refractivity contribution is -0.121. The molecule has 0 radical (unpaired) electrons. The molecule has 2 aliphatic rings. The molecule has 14 aromatic rings. The van der Waals surface area contributed by atoms with Gasteiger partial charge in [0.25, 0.3) is 54.4 Å². The number of nitrogens with one attached hydrogen (secondary N) is 5. The standard InChI is InChI=1S/C85H57N13O25S3.3O3S/c1-97-60-23-21-57(67-69(60)65(53-15-6-8-17-55(53)75(67)103)71(77(97)105)73(101)41-11-4-3-5-12-41)88-46-19-25-62(125(114,115)116)43(29-46)35-64-91-81(94-84(92-64)122-50-32-44(79(107)108)30-48(37-50)120-39-99)86-27-28-87-82-93-83(96-85(95-82)123-51-33-45(80(109)110)31-49(38-51)121-40-100)89-47-20-26-63(126(117,118)119)59(36-47)90-58-22-24-61-70-66(54-16-7-9-18-56(54)76(104)68(58)70)72(78(106)98(61)2)74(102)42-13-10-14-52(34-42)124(111,112)113;3*1-4(2)3/h3-26,29-34,36-40,88,90H,27-28,35H2,1-2H3,(H,107,108)(H,109,110)(H,111,112,113)(H,114,115,116)(H,117,118,119)(H,86,91,92,94)(H2,87,89,93,95,96);;;. The normalized spacial score (nSPS) is 11.5. The van der Waals surface area contributed by atoms with Crippen molar-refractivity contribution in [3.05, 3.63) is 288 Å². The number of pyridine rings is 2. The smallest absolute Gasteiger partial charge is 0.425 e. The Hall–Kier alpha value is -17.6. The third-order valence-electron chi connectivity index (χ3n) is 20.1. The number of ketones is 4. The molecule has 0 saturated carbocycles. The monoisotopic (exact) mass is 2000 g/mol. The Labute approximate surface area is 776 Å². The number of carboxylic acid groups (broad SMARTS) is 2. The lowest BCUT2D eigenvalue weighted by atomic mass is 9.80. The number of aryl methyl sites for hydroxylation is 2. The van der Waals surface area contributed by atoms with Gasteiger partial charge < -0.3 is 64.9 Å². The van der Waals surface area contributed by atoms with Gasteiger partial charge in [0.05, 0.1) is 71.3 Å². The van der Waals surface area contributed by atoms with Crippen LogP contribution in [0.2, 0.25) is 0 Å². The number of ether oxygens (including phenoxy) is 4. The van der Waals surface area contributed by atoms with E-state index < -0.39 is 170 Å². The van der Waals surface area contributed by atoms with E-state index in [1.54, 1.807) is 66.7 Å². The third kappa shape index (κ3) is 21.8. The van der Waals surface area contributed by atoms with Crippen LogP contribution in [0.1, 0.15) is 95.8 Å². The first-order valence-electron chi connectivity index (χ1n) is 38.4. The number of nitrogens with zero attached hydrogens (tertiary/aromatic N) is 8. The van der Waals surface area contributed by atoms with Gasteiger partial charge in [-0.25, -0.2) is 9.59 Å². The topological polar surface area (TPSA) is 712 Å². The molecule has 16 rings (SSSR count). The number of hydrogen-bond donors (Lipinski definition) is 10. The molecule has 0 unspecified atom stereocenters. The highest BCUT2D eigenvalue weighted by atomic mass is 32.2. The number of carboxylic acids is 2. The van der Waals surface area contributed by atoms with Crippen LogP contribution in [0.15, 0.2) is 224 Å². The summed E-state index contributed by atoms with van der Waals surface area (Å²) < 4.78 is 210. The largest absolute Gasteiger partial charge is 0.478 e.